The molecule has 2 amide bonds. The summed E-state index contributed by atoms with van der Waals surface area (Å²) in [5.41, 5.74) is 2.99. The Morgan fingerprint density at radius 3 is 2.83 bits per heavy atom. The van der Waals surface area contributed by atoms with E-state index in [2.05, 4.69) is 15.3 Å². The molecule has 1 fully saturated rings. The van der Waals surface area contributed by atoms with Gasteiger partial charge in [-0.2, -0.15) is 0 Å². The van der Waals surface area contributed by atoms with Gasteiger partial charge >= 0.3 is 0 Å². The maximum Gasteiger partial charge on any atom is 0.275 e. The Kier molecular flexibility index (Phi) is 3.29. The molecule has 2 heterocycles. The number of rotatable bonds is 3. The molecule has 0 saturated heterocycles. The molecule has 0 radical (unpaired) electrons. The quantitative estimate of drug-likeness (QED) is 0.941. The summed E-state index contributed by atoms with van der Waals surface area (Å²) in [5.74, 6) is 0.0936. The van der Waals surface area contributed by atoms with Gasteiger partial charge in [0, 0.05) is 36.2 Å². The first-order valence-corrected chi connectivity index (χ1v) is 7.74. The molecule has 1 saturated carbocycles. The fraction of sp³-hybridized carbons (Fsp3) is 0.294. The fourth-order valence-corrected chi connectivity index (χ4v) is 2.85. The van der Waals surface area contributed by atoms with E-state index in [1.165, 1.54) is 18.6 Å². The summed E-state index contributed by atoms with van der Waals surface area (Å²) in [6, 6.07) is 5.71. The summed E-state index contributed by atoms with van der Waals surface area (Å²) in [6.45, 7) is 0.728. The van der Waals surface area contributed by atoms with E-state index in [1.807, 2.05) is 23.1 Å². The van der Waals surface area contributed by atoms with Crippen LogP contribution in [0.1, 0.15) is 28.9 Å². The van der Waals surface area contributed by atoms with Gasteiger partial charge in [-0.25, -0.2) is 4.98 Å². The number of fused-ring (bicyclic) bond motifs is 1. The highest BCUT2D eigenvalue weighted by Gasteiger charge is 2.36. The first-order valence-electron chi connectivity index (χ1n) is 7.74. The second-order valence-corrected chi connectivity index (χ2v) is 5.90. The molecule has 6 heteroatoms. The number of hydrogen-bond donors (Lipinski definition) is 1. The zero-order valence-electron chi connectivity index (χ0n) is 12.5. The van der Waals surface area contributed by atoms with Crippen molar-refractivity contribution in [2.45, 2.75) is 19.3 Å². The maximum atomic E-state index is 12.3. The molecule has 2 aliphatic rings. The van der Waals surface area contributed by atoms with E-state index >= 15 is 0 Å². The number of carbonyl (C=O) groups excluding carboxylic acids is 2. The van der Waals surface area contributed by atoms with Crippen LogP contribution in [-0.4, -0.2) is 28.3 Å². The molecular weight excluding hydrogens is 292 g/mol. The van der Waals surface area contributed by atoms with Crippen LogP contribution in [-0.2, 0) is 11.2 Å². The first-order chi connectivity index (χ1) is 11.2. The Morgan fingerprint density at radius 2 is 2.09 bits per heavy atom. The van der Waals surface area contributed by atoms with Gasteiger partial charge in [0.25, 0.3) is 5.91 Å². The van der Waals surface area contributed by atoms with Crippen LogP contribution in [0.25, 0.3) is 0 Å². The third-order valence-corrected chi connectivity index (χ3v) is 4.23. The Bertz CT molecular complexity index is 771. The van der Waals surface area contributed by atoms with Crippen molar-refractivity contribution in [1.82, 2.24) is 9.97 Å². The lowest BCUT2D eigenvalue weighted by Crippen LogP contribution is -2.30. The molecule has 1 aliphatic carbocycles. The minimum atomic E-state index is -0.309. The van der Waals surface area contributed by atoms with Crippen LogP contribution in [0.15, 0.2) is 36.8 Å². The van der Waals surface area contributed by atoms with Crippen molar-refractivity contribution >= 4 is 23.2 Å². The molecule has 4 rings (SSSR count). The molecule has 116 valence electrons. The first kappa shape index (κ1) is 13.9. The van der Waals surface area contributed by atoms with Gasteiger partial charge < -0.3 is 10.2 Å². The van der Waals surface area contributed by atoms with Crippen molar-refractivity contribution in [2.24, 2.45) is 5.92 Å². The van der Waals surface area contributed by atoms with Crippen molar-refractivity contribution < 1.29 is 9.59 Å². The maximum absolute atomic E-state index is 12.3. The number of benzene rings is 1. The van der Waals surface area contributed by atoms with E-state index in [9.17, 15) is 9.59 Å². The third-order valence-electron chi connectivity index (χ3n) is 4.23. The standard InChI is InChI=1S/C17H16N4O2/c22-16(14-10-18-6-7-19-14)20-13-4-3-11-5-8-21(15(11)9-13)17(23)12-1-2-12/h3-4,6-7,9-10,12H,1-2,5,8H2,(H,20,22). The predicted octanol–water partition coefficient (Wildman–Crippen LogP) is 2.03. The van der Waals surface area contributed by atoms with Gasteiger partial charge in [-0.3, -0.25) is 14.6 Å². The molecule has 6 nitrogen and oxygen atoms in total. The average molecular weight is 308 g/mol. The number of nitrogens with one attached hydrogen (secondary N) is 1. The summed E-state index contributed by atoms with van der Waals surface area (Å²) in [7, 11) is 0. The van der Waals surface area contributed by atoms with Gasteiger partial charge in [0.1, 0.15) is 5.69 Å². The number of nitrogens with zero attached hydrogens (tertiary/aromatic N) is 3. The van der Waals surface area contributed by atoms with Crippen molar-refractivity contribution in [2.75, 3.05) is 16.8 Å². The second-order valence-electron chi connectivity index (χ2n) is 5.90. The van der Waals surface area contributed by atoms with E-state index in [1.54, 1.807) is 0 Å². The fourth-order valence-electron chi connectivity index (χ4n) is 2.85. The summed E-state index contributed by atoms with van der Waals surface area (Å²) in [6.07, 6.45) is 7.28. The van der Waals surface area contributed by atoms with Gasteiger partial charge in [-0.05, 0) is 37.0 Å². The van der Waals surface area contributed by atoms with Crippen LogP contribution in [0.2, 0.25) is 0 Å². The third kappa shape index (κ3) is 2.67. The molecule has 0 bridgehead atoms. The van der Waals surface area contributed by atoms with E-state index < -0.39 is 0 Å². The highest BCUT2D eigenvalue weighted by atomic mass is 16.2. The number of anilines is 2. The van der Waals surface area contributed by atoms with Crippen molar-refractivity contribution in [3.05, 3.63) is 48.0 Å². The molecule has 2 aromatic rings. The topological polar surface area (TPSA) is 75.2 Å². The molecule has 1 aliphatic heterocycles. The van der Waals surface area contributed by atoms with Gasteiger partial charge in [0.15, 0.2) is 0 Å². The summed E-state index contributed by atoms with van der Waals surface area (Å²) < 4.78 is 0. The van der Waals surface area contributed by atoms with Crippen LogP contribution in [0, 0.1) is 5.92 Å². The molecule has 1 aromatic heterocycles. The predicted molar refractivity (Wildman–Crippen MR) is 85.2 cm³/mol. The highest BCUT2D eigenvalue weighted by Crippen LogP contribution is 2.37. The van der Waals surface area contributed by atoms with Crippen LogP contribution < -0.4 is 10.2 Å². The summed E-state index contributed by atoms with van der Waals surface area (Å²) >= 11 is 0. The highest BCUT2D eigenvalue weighted by molar-refractivity contribution is 6.04. The Balaban J connectivity index is 1.56. The number of carbonyl (C=O) groups is 2. The SMILES string of the molecule is O=C(Nc1ccc2c(c1)N(C(=O)C1CC1)CC2)c1cnccn1. The van der Waals surface area contributed by atoms with Gasteiger partial charge in [-0.15, -0.1) is 0 Å². The zero-order chi connectivity index (χ0) is 15.8. The largest absolute Gasteiger partial charge is 0.321 e. The molecule has 1 aromatic carbocycles. The van der Waals surface area contributed by atoms with Crippen molar-refractivity contribution in [3.63, 3.8) is 0 Å². The van der Waals surface area contributed by atoms with Gasteiger partial charge in [0.05, 0.1) is 6.20 Å². The molecule has 1 N–H and O–H groups in total. The van der Waals surface area contributed by atoms with Crippen LogP contribution in [0.3, 0.4) is 0 Å². The Morgan fingerprint density at radius 1 is 1.22 bits per heavy atom. The lowest BCUT2D eigenvalue weighted by Gasteiger charge is -2.18. The summed E-state index contributed by atoms with van der Waals surface area (Å²) in [5, 5.41) is 2.81. The van der Waals surface area contributed by atoms with Crippen LogP contribution >= 0.6 is 0 Å². The molecule has 23 heavy (non-hydrogen) atoms. The smallest absolute Gasteiger partial charge is 0.275 e. The minimum absolute atomic E-state index is 0.193. The van der Waals surface area contributed by atoms with Gasteiger partial charge in [-0.1, -0.05) is 6.07 Å². The summed E-state index contributed by atoms with van der Waals surface area (Å²) in [4.78, 5) is 34.2. The average Bonchev–Trinajstić information content (AvgIpc) is 3.35. The van der Waals surface area contributed by atoms with Crippen molar-refractivity contribution in [3.8, 4) is 0 Å². The Labute approximate surface area is 133 Å². The normalized spacial score (nSPS) is 16.1. The molecule has 0 spiro atoms. The number of amides is 2. The monoisotopic (exact) mass is 308 g/mol. The number of aromatic nitrogens is 2. The molecule has 0 atom stereocenters. The van der Waals surface area contributed by atoms with Crippen LogP contribution in [0.4, 0.5) is 11.4 Å². The van der Waals surface area contributed by atoms with Crippen LogP contribution in [0.5, 0.6) is 0 Å². The van der Waals surface area contributed by atoms with E-state index in [-0.39, 0.29) is 23.4 Å². The lowest BCUT2D eigenvalue weighted by molar-refractivity contribution is -0.119. The van der Waals surface area contributed by atoms with Gasteiger partial charge in [0.2, 0.25) is 5.91 Å². The Hall–Kier alpha value is -2.76. The molecular formula is C17H16N4O2. The van der Waals surface area contributed by atoms with E-state index in [0.717, 1.165) is 37.1 Å². The lowest BCUT2D eigenvalue weighted by atomic mass is 10.1. The van der Waals surface area contributed by atoms with E-state index in [0.29, 0.717) is 5.69 Å². The molecule has 0 unspecified atom stereocenters. The van der Waals surface area contributed by atoms with E-state index in [4.69, 9.17) is 0 Å². The number of hydrogen-bond acceptors (Lipinski definition) is 4. The minimum Gasteiger partial charge on any atom is -0.321 e. The second kappa shape index (κ2) is 5.46. The zero-order valence-corrected chi connectivity index (χ0v) is 12.5. The van der Waals surface area contributed by atoms with Crippen molar-refractivity contribution in [1.29, 1.82) is 0 Å².